The van der Waals surface area contributed by atoms with Crippen LogP contribution in [0, 0.1) is 0 Å². The Kier molecular flexibility index (Phi) is 4.32. The molecule has 15 heavy (non-hydrogen) atoms. The van der Waals surface area contributed by atoms with Crippen LogP contribution in [0.2, 0.25) is 0 Å². The van der Waals surface area contributed by atoms with Crippen molar-refractivity contribution in [2.75, 3.05) is 31.1 Å². The number of nitrogens with zero attached hydrogens (tertiary/aromatic N) is 1. The molecule has 1 unspecified atom stereocenters. The van der Waals surface area contributed by atoms with E-state index in [1.54, 1.807) is 0 Å². The Hall–Kier alpha value is -0.220. The number of nitrogens with one attached hydrogen (secondary N) is 1. The van der Waals surface area contributed by atoms with Crippen molar-refractivity contribution in [1.29, 1.82) is 0 Å². The fourth-order valence-corrected chi connectivity index (χ4v) is 3.17. The summed E-state index contributed by atoms with van der Waals surface area (Å²) < 4.78 is 0. The molecule has 86 valence electrons. The van der Waals surface area contributed by atoms with Gasteiger partial charge in [0.1, 0.15) is 0 Å². The third-order valence-corrected chi connectivity index (χ3v) is 4.18. The lowest BCUT2D eigenvalue weighted by atomic mass is 10.1. The van der Waals surface area contributed by atoms with Crippen LogP contribution in [0.1, 0.15) is 25.7 Å². The molecule has 2 saturated heterocycles. The Morgan fingerprint density at radius 1 is 1.40 bits per heavy atom. The first-order chi connectivity index (χ1) is 7.36. The van der Waals surface area contributed by atoms with Crippen molar-refractivity contribution in [3.8, 4) is 0 Å². The Balaban J connectivity index is 1.66. The molecule has 0 bridgehead atoms. The van der Waals surface area contributed by atoms with Gasteiger partial charge in [-0.3, -0.25) is 4.79 Å². The minimum Gasteiger partial charge on any atom is -0.341 e. The summed E-state index contributed by atoms with van der Waals surface area (Å²) in [4.78, 5) is 13.9. The molecule has 2 aliphatic rings. The molecule has 4 heteroatoms. The first-order valence-electron chi connectivity index (χ1n) is 5.95. The van der Waals surface area contributed by atoms with Gasteiger partial charge in [-0.2, -0.15) is 11.8 Å². The Labute approximate surface area is 96.0 Å². The van der Waals surface area contributed by atoms with Gasteiger partial charge in [0.05, 0.1) is 0 Å². The maximum Gasteiger partial charge on any atom is 0.222 e. The Morgan fingerprint density at radius 3 is 2.87 bits per heavy atom. The van der Waals surface area contributed by atoms with Gasteiger partial charge >= 0.3 is 0 Å². The van der Waals surface area contributed by atoms with Crippen LogP contribution in [0.5, 0.6) is 0 Å². The first kappa shape index (κ1) is 11.3. The lowest BCUT2D eigenvalue weighted by molar-refractivity contribution is -0.131. The fourth-order valence-electron chi connectivity index (χ4n) is 2.27. The van der Waals surface area contributed by atoms with Crippen LogP contribution in [0.3, 0.4) is 0 Å². The van der Waals surface area contributed by atoms with Crippen LogP contribution in [-0.2, 0) is 4.79 Å². The van der Waals surface area contributed by atoms with E-state index in [-0.39, 0.29) is 0 Å². The summed E-state index contributed by atoms with van der Waals surface area (Å²) in [7, 11) is 0. The highest BCUT2D eigenvalue weighted by Crippen LogP contribution is 2.14. The van der Waals surface area contributed by atoms with Gasteiger partial charge in [-0.1, -0.05) is 0 Å². The van der Waals surface area contributed by atoms with E-state index in [4.69, 9.17) is 0 Å². The van der Waals surface area contributed by atoms with Crippen LogP contribution in [-0.4, -0.2) is 48.0 Å². The molecule has 0 aromatic heterocycles. The van der Waals surface area contributed by atoms with Crippen molar-refractivity contribution in [2.45, 2.75) is 31.7 Å². The van der Waals surface area contributed by atoms with E-state index >= 15 is 0 Å². The molecule has 2 rings (SSSR count). The fraction of sp³-hybridized carbons (Fsp3) is 0.909. The average molecular weight is 228 g/mol. The highest BCUT2D eigenvalue weighted by Gasteiger charge is 2.19. The molecule has 1 atom stereocenters. The molecule has 0 radical (unpaired) electrons. The number of carbonyl (C=O) groups excluding carboxylic acids is 1. The van der Waals surface area contributed by atoms with Gasteiger partial charge < -0.3 is 10.2 Å². The molecule has 0 aromatic carbocycles. The number of carbonyl (C=O) groups is 1. The number of rotatable bonds is 3. The number of hydrogen-bond donors (Lipinski definition) is 1. The molecule has 0 aromatic rings. The second-order valence-corrected chi connectivity index (χ2v) is 5.55. The highest BCUT2D eigenvalue weighted by atomic mass is 32.2. The molecule has 1 N–H and O–H groups in total. The molecule has 1 amide bonds. The van der Waals surface area contributed by atoms with Crippen LogP contribution in [0.4, 0.5) is 0 Å². The van der Waals surface area contributed by atoms with Crippen LogP contribution < -0.4 is 5.32 Å². The van der Waals surface area contributed by atoms with Crippen molar-refractivity contribution < 1.29 is 4.79 Å². The monoisotopic (exact) mass is 228 g/mol. The zero-order valence-corrected chi connectivity index (χ0v) is 10.0. The smallest absolute Gasteiger partial charge is 0.222 e. The minimum atomic E-state index is 0.365. The predicted octanol–water partition coefficient (Wildman–Crippen LogP) is 1.09. The standard InChI is InChI=1S/C11H20N2OS/c14-11(13-6-8-15-9-7-13)4-3-10-2-1-5-12-10/h10,12H,1-9H2. The summed E-state index contributed by atoms with van der Waals surface area (Å²) in [5.41, 5.74) is 0. The second kappa shape index (κ2) is 5.75. The van der Waals surface area contributed by atoms with E-state index in [0.717, 1.165) is 44.0 Å². The van der Waals surface area contributed by atoms with Gasteiger partial charge in [-0.05, 0) is 25.8 Å². The van der Waals surface area contributed by atoms with Gasteiger partial charge in [0.15, 0.2) is 0 Å². The molecular formula is C11H20N2OS. The molecule has 0 saturated carbocycles. The van der Waals surface area contributed by atoms with Crippen molar-refractivity contribution in [3.63, 3.8) is 0 Å². The third kappa shape index (κ3) is 3.38. The number of amides is 1. The molecule has 0 aliphatic carbocycles. The normalized spacial score (nSPS) is 26.9. The largest absolute Gasteiger partial charge is 0.341 e. The van der Waals surface area contributed by atoms with Crippen molar-refractivity contribution in [3.05, 3.63) is 0 Å². The number of hydrogen-bond acceptors (Lipinski definition) is 3. The number of thioether (sulfide) groups is 1. The van der Waals surface area contributed by atoms with E-state index in [0.29, 0.717) is 11.9 Å². The van der Waals surface area contributed by atoms with Crippen molar-refractivity contribution >= 4 is 17.7 Å². The summed E-state index contributed by atoms with van der Waals surface area (Å²) in [5.74, 6) is 2.60. The highest BCUT2D eigenvalue weighted by molar-refractivity contribution is 7.99. The maximum absolute atomic E-state index is 11.8. The van der Waals surface area contributed by atoms with E-state index in [9.17, 15) is 4.79 Å². The summed E-state index contributed by atoms with van der Waals surface area (Å²) in [6.07, 6.45) is 4.30. The van der Waals surface area contributed by atoms with Gasteiger partial charge in [0.2, 0.25) is 5.91 Å². The molecule has 2 fully saturated rings. The summed E-state index contributed by atoms with van der Waals surface area (Å²) in [6.45, 7) is 3.06. The van der Waals surface area contributed by atoms with E-state index < -0.39 is 0 Å². The maximum atomic E-state index is 11.8. The quantitative estimate of drug-likeness (QED) is 0.785. The lowest BCUT2D eigenvalue weighted by Gasteiger charge is -2.26. The Morgan fingerprint density at radius 2 is 2.20 bits per heavy atom. The third-order valence-electron chi connectivity index (χ3n) is 3.23. The van der Waals surface area contributed by atoms with Crippen LogP contribution in [0.15, 0.2) is 0 Å². The van der Waals surface area contributed by atoms with Gasteiger partial charge in [-0.15, -0.1) is 0 Å². The molecule has 2 heterocycles. The topological polar surface area (TPSA) is 32.3 Å². The van der Waals surface area contributed by atoms with Gasteiger partial charge in [0, 0.05) is 37.1 Å². The van der Waals surface area contributed by atoms with E-state index in [2.05, 4.69) is 5.32 Å². The minimum absolute atomic E-state index is 0.365. The summed E-state index contributed by atoms with van der Waals surface area (Å²) in [5, 5.41) is 3.44. The zero-order valence-electron chi connectivity index (χ0n) is 9.21. The first-order valence-corrected chi connectivity index (χ1v) is 7.10. The van der Waals surface area contributed by atoms with Gasteiger partial charge in [0.25, 0.3) is 0 Å². The molecule has 2 aliphatic heterocycles. The van der Waals surface area contributed by atoms with Crippen LogP contribution in [0.25, 0.3) is 0 Å². The molecule has 0 spiro atoms. The van der Waals surface area contributed by atoms with E-state index in [1.165, 1.54) is 12.8 Å². The lowest BCUT2D eigenvalue weighted by Crippen LogP contribution is -2.38. The zero-order chi connectivity index (χ0) is 10.5. The summed E-state index contributed by atoms with van der Waals surface area (Å²) >= 11 is 1.95. The SMILES string of the molecule is O=C(CCC1CCCN1)N1CCSCC1. The van der Waals surface area contributed by atoms with Crippen LogP contribution >= 0.6 is 11.8 Å². The molecule has 3 nitrogen and oxygen atoms in total. The Bertz CT molecular complexity index is 211. The van der Waals surface area contributed by atoms with Crippen molar-refractivity contribution in [2.24, 2.45) is 0 Å². The van der Waals surface area contributed by atoms with Gasteiger partial charge in [-0.25, -0.2) is 0 Å². The molecular weight excluding hydrogens is 208 g/mol. The van der Waals surface area contributed by atoms with E-state index in [1.807, 2.05) is 16.7 Å². The second-order valence-electron chi connectivity index (χ2n) is 4.33. The average Bonchev–Trinajstić information content (AvgIpc) is 2.80. The predicted molar refractivity (Wildman–Crippen MR) is 64.2 cm³/mol. The van der Waals surface area contributed by atoms with Crippen molar-refractivity contribution in [1.82, 2.24) is 10.2 Å². The summed E-state index contributed by atoms with van der Waals surface area (Å²) in [6, 6.07) is 0.605.